The third kappa shape index (κ3) is 3.06. The third-order valence-corrected chi connectivity index (χ3v) is 5.03. The van der Waals surface area contributed by atoms with Crippen LogP contribution in [0.2, 0.25) is 5.02 Å². The van der Waals surface area contributed by atoms with Gasteiger partial charge in [0.2, 0.25) is 0 Å². The lowest BCUT2D eigenvalue weighted by atomic mass is 10.3. The number of hydrogen-bond acceptors (Lipinski definition) is 4. The number of halogens is 2. The van der Waals surface area contributed by atoms with Crippen molar-refractivity contribution in [2.24, 2.45) is 0 Å². The van der Waals surface area contributed by atoms with E-state index in [2.05, 4.69) is 50.0 Å². The standard InChI is InChI=1S/C16H10ClIN4S/c17-10-1-6-15-19-7-14(22(15)8-10)13-9-23-16(21-13)20-12-4-2-11(18)3-5-12/h1-9H,(H,20,21). The molecule has 1 aromatic carbocycles. The number of hydrogen-bond donors (Lipinski definition) is 1. The van der Waals surface area contributed by atoms with Crippen molar-refractivity contribution in [3.63, 3.8) is 0 Å². The van der Waals surface area contributed by atoms with Crippen molar-refractivity contribution >= 4 is 62.0 Å². The van der Waals surface area contributed by atoms with Crippen LogP contribution in [0, 0.1) is 3.57 Å². The maximum Gasteiger partial charge on any atom is 0.187 e. The molecule has 0 bridgehead atoms. The van der Waals surface area contributed by atoms with E-state index in [1.54, 1.807) is 11.3 Å². The van der Waals surface area contributed by atoms with Gasteiger partial charge < -0.3 is 5.32 Å². The van der Waals surface area contributed by atoms with Gasteiger partial charge in [-0.25, -0.2) is 9.97 Å². The third-order valence-electron chi connectivity index (χ3n) is 3.33. The highest BCUT2D eigenvalue weighted by molar-refractivity contribution is 14.1. The SMILES string of the molecule is Clc1ccc2ncc(-c3csc(Nc4ccc(I)cc4)n3)n2c1. The molecule has 0 fully saturated rings. The first-order valence-corrected chi connectivity index (χ1v) is 9.14. The largest absolute Gasteiger partial charge is 0.332 e. The lowest BCUT2D eigenvalue weighted by Gasteiger charge is -2.02. The van der Waals surface area contributed by atoms with Gasteiger partial charge in [0.1, 0.15) is 11.3 Å². The van der Waals surface area contributed by atoms with Gasteiger partial charge in [0, 0.05) is 20.8 Å². The fourth-order valence-electron chi connectivity index (χ4n) is 2.25. The Morgan fingerprint density at radius 1 is 1.13 bits per heavy atom. The minimum absolute atomic E-state index is 0.671. The van der Waals surface area contributed by atoms with Gasteiger partial charge in [-0.3, -0.25) is 4.40 Å². The van der Waals surface area contributed by atoms with Crippen molar-refractivity contribution in [2.45, 2.75) is 0 Å². The first-order valence-electron chi connectivity index (χ1n) is 6.80. The molecule has 4 aromatic rings. The van der Waals surface area contributed by atoms with Crippen LogP contribution in [-0.4, -0.2) is 14.4 Å². The Balaban J connectivity index is 1.66. The Morgan fingerprint density at radius 2 is 1.96 bits per heavy atom. The summed E-state index contributed by atoms with van der Waals surface area (Å²) in [7, 11) is 0. The average molecular weight is 453 g/mol. The van der Waals surface area contributed by atoms with Crippen molar-refractivity contribution in [2.75, 3.05) is 5.32 Å². The molecule has 3 aromatic heterocycles. The van der Waals surface area contributed by atoms with E-state index >= 15 is 0 Å². The molecule has 0 unspecified atom stereocenters. The monoisotopic (exact) mass is 452 g/mol. The van der Waals surface area contributed by atoms with Gasteiger partial charge in [0.15, 0.2) is 5.13 Å². The maximum atomic E-state index is 6.08. The molecule has 4 nitrogen and oxygen atoms in total. The van der Waals surface area contributed by atoms with Crippen LogP contribution in [0.5, 0.6) is 0 Å². The number of rotatable bonds is 3. The van der Waals surface area contributed by atoms with E-state index in [1.165, 1.54) is 3.57 Å². The molecule has 0 amide bonds. The van der Waals surface area contributed by atoms with E-state index in [4.69, 9.17) is 11.6 Å². The van der Waals surface area contributed by atoms with Crippen molar-refractivity contribution in [1.82, 2.24) is 14.4 Å². The Kier molecular flexibility index (Phi) is 3.96. The van der Waals surface area contributed by atoms with Crippen LogP contribution in [0.25, 0.3) is 17.0 Å². The molecule has 0 aliphatic carbocycles. The van der Waals surface area contributed by atoms with Gasteiger partial charge in [-0.2, -0.15) is 0 Å². The van der Waals surface area contributed by atoms with Crippen molar-refractivity contribution < 1.29 is 0 Å². The highest BCUT2D eigenvalue weighted by Gasteiger charge is 2.10. The minimum atomic E-state index is 0.671. The Labute approximate surface area is 155 Å². The van der Waals surface area contributed by atoms with E-state index in [1.807, 2.05) is 46.4 Å². The Hall–Kier alpha value is -1.64. The molecule has 114 valence electrons. The summed E-state index contributed by atoms with van der Waals surface area (Å²) < 4.78 is 3.15. The van der Waals surface area contributed by atoms with Crippen molar-refractivity contribution in [3.8, 4) is 11.4 Å². The number of anilines is 2. The molecule has 1 N–H and O–H groups in total. The fraction of sp³-hybridized carbons (Fsp3) is 0. The molecule has 4 rings (SSSR count). The van der Waals surface area contributed by atoms with Crippen molar-refractivity contribution in [3.05, 3.63) is 62.8 Å². The summed E-state index contributed by atoms with van der Waals surface area (Å²) in [6, 6.07) is 11.9. The zero-order valence-electron chi connectivity index (χ0n) is 11.7. The Bertz CT molecular complexity index is 977. The molecular formula is C16H10ClIN4S. The number of benzene rings is 1. The second-order valence-electron chi connectivity index (χ2n) is 4.89. The lowest BCUT2D eigenvalue weighted by molar-refractivity contribution is 1.18. The fourth-order valence-corrected chi connectivity index (χ4v) is 3.49. The quantitative estimate of drug-likeness (QED) is 0.420. The zero-order valence-corrected chi connectivity index (χ0v) is 15.4. The summed E-state index contributed by atoms with van der Waals surface area (Å²) in [5.41, 5.74) is 3.67. The number of aromatic nitrogens is 3. The number of nitrogens with one attached hydrogen (secondary N) is 1. The number of nitrogens with zero attached hydrogens (tertiary/aromatic N) is 3. The summed E-state index contributed by atoms with van der Waals surface area (Å²) in [6.45, 7) is 0. The van der Waals surface area contributed by atoms with Crippen LogP contribution < -0.4 is 5.32 Å². The van der Waals surface area contributed by atoms with E-state index in [9.17, 15) is 0 Å². The van der Waals surface area contributed by atoms with Crippen molar-refractivity contribution in [1.29, 1.82) is 0 Å². The second kappa shape index (κ2) is 6.10. The zero-order chi connectivity index (χ0) is 15.8. The van der Waals surface area contributed by atoms with Crippen LogP contribution in [0.1, 0.15) is 0 Å². The molecular weight excluding hydrogens is 443 g/mol. The summed E-state index contributed by atoms with van der Waals surface area (Å²) in [4.78, 5) is 9.04. The number of imidazole rings is 1. The van der Waals surface area contributed by atoms with Gasteiger partial charge in [0.25, 0.3) is 0 Å². The highest BCUT2D eigenvalue weighted by Crippen LogP contribution is 2.28. The first kappa shape index (κ1) is 14.9. The molecule has 23 heavy (non-hydrogen) atoms. The smallest absolute Gasteiger partial charge is 0.187 e. The topological polar surface area (TPSA) is 42.2 Å². The van der Waals surface area contributed by atoms with Gasteiger partial charge in [-0.15, -0.1) is 11.3 Å². The molecule has 0 aliphatic heterocycles. The van der Waals surface area contributed by atoms with E-state index in [0.717, 1.165) is 27.9 Å². The van der Waals surface area contributed by atoms with Crippen LogP contribution in [0.15, 0.2) is 54.2 Å². The molecule has 3 heterocycles. The summed E-state index contributed by atoms with van der Waals surface area (Å²) in [6.07, 6.45) is 3.67. The van der Waals surface area contributed by atoms with Crippen LogP contribution in [0.3, 0.4) is 0 Å². The Morgan fingerprint density at radius 3 is 2.78 bits per heavy atom. The molecule has 0 saturated heterocycles. The number of thiazole rings is 1. The molecule has 0 aliphatic rings. The highest BCUT2D eigenvalue weighted by atomic mass is 127. The summed E-state index contributed by atoms with van der Waals surface area (Å²) >= 11 is 9.93. The number of fused-ring (bicyclic) bond motifs is 1. The van der Waals surface area contributed by atoms with E-state index in [-0.39, 0.29) is 0 Å². The normalized spacial score (nSPS) is 11.0. The molecule has 0 spiro atoms. The molecule has 0 saturated carbocycles. The van der Waals surface area contributed by atoms with Crippen LogP contribution in [-0.2, 0) is 0 Å². The molecule has 0 atom stereocenters. The number of pyridine rings is 1. The minimum Gasteiger partial charge on any atom is -0.332 e. The van der Waals surface area contributed by atoms with Crippen LogP contribution in [0.4, 0.5) is 10.8 Å². The average Bonchev–Trinajstić information content (AvgIpc) is 3.15. The van der Waals surface area contributed by atoms with E-state index < -0.39 is 0 Å². The van der Waals surface area contributed by atoms with Gasteiger partial charge in [-0.05, 0) is 59.0 Å². The summed E-state index contributed by atoms with van der Waals surface area (Å²) in [5, 5.41) is 6.85. The predicted octanol–water partition coefficient (Wildman–Crippen LogP) is 5.46. The first-order chi connectivity index (χ1) is 11.2. The molecule has 0 radical (unpaired) electrons. The van der Waals surface area contributed by atoms with E-state index in [0.29, 0.717) is 5.02 Å². The lowest BCUT2D eigenvalue weighted by Crippen LogP contribution is -1.91. The van der Waals surface area contributed by atoms with Gasteiger partial charge >= 0.3 is 0 Å². The van der Waals surface area contributed by atoms with Gasteiger partial charge in [0.05, 0.1) is 16.9 Å². The molecule has 7 heteroatoms. The van der Waals surface area contributed by atoms with Gasteiger partial charge in [-0.1, -0.05) is 11.6 Å². The predicted molar refractivity (Wildman–Crippen MR) is 104 cm³/mol. The summed E-state index contributed by atoms with van der Waals surface area (Å²) in [5.74, 6) is 0. The maximum absolute atomic E-state index is 6.08. The van der Waals surface area contributed by atoms with Crippen LogP contribution >= 0.6 is 45.5 Å². The second-order valence-corrected chi connectivity index (χ2v) is 7.43.